The van der Waals surface area contributed by atoms with Gasteiger partial charge in [0.05, 0.1) is 17.7 Å². The summed E-state index contributed by atoms with van der Waals surface area (Å²) in [6, 6.07) is 9.85. The first-order valence-corrected chi connectivity index (χ1v) is 8.03. The zero-order valence-electron chi connectivity index (χ0n) is 12.4. The highest BCUT2D eigenvalue weighted by atomic mass is 32.2. The van der Waals surface area contributed by atoms with Gasteiger partial charge >= 0.3 is 0 Å². The topological polar surface area (TPSA) is 66.7 Å². The van der Waals surface area contributed by atoms with Crippen molar-refractivity contribution in [2.24, 2.45) is 10.2 Å². The molecule has 0 radical (unpaired) electrons. The van der Waals surface area contributed by atoms with E-state index in [1.54, 1.807) is 12.1 Å². The number of aromatic nitrogens is 1. The number of anilines is 1. The smallest absolute Gasteiger partial charge is 0.234 e. The lowest BCUT2D eigenvalue weighted by Gasteiger charge is -2.05. The van der Waals surface area contributed by atoms with Crippen LogP contribution in [0, 0.1) is 11.6 Å². The van der Waals surface area contributed by atoms with Crippen LogP contribution in [0.1, 0.15) is 12.1 Å². The number of para-hydroxylation sites is 1. The molecule has 1 N–H and O–H groups in total. The SMILES string of the molecule is O=C(CSC1=NN=C(c2ncc(F)cc2F)C1)Nc1ccccc1. The summed E-state index contributed by atoms with van der Waals surface area (Å²) < 4.78 is 26.6. The molecule has 1 amide bonds. The summed E-state index contributed by atoms with van der Waals surface area (Å²) in [5.74, 6) is -1.54. The average molecular weight is 346 g/mol. The third-order valence-corrected chi connectivity index (χ3v) is 4.08. The van der Waals surface area contributed by atoms with Crippen molar-refractivity contribution in [2.45, 2.75) is 6.42 Å². The van der Waals surface area contributed by atoms with E-state index in [2.05, 4.69) is 20.5 Å². The highest BCUT2D eigenvalue weighted by Crippen LogP contribution is 2.20. The van der Waals surface area contributed by atoms with Crippen molar-refractivity contribution in [3.05, 3.63) is 59.9 Å². The van der Waals surface area contributed by atoms with E-state index in [0.29, 0.717) is 16.4 Å². The van der Waals surface area contributed by atoms with Gasteiger partial charge < -0.3 is 5.32 Å². The van der Waals surface area contributed by atoms with Crippen LogP contribution in [0.25, 0.3) is 0 Å². The highest BCUT2D eigenvalue weighted by molar-refractivity contribution is 8.14. The summed E-state index contributed by atoms with van der Waals surface area (Å²) in [6.07, 6.45) is 1.19. The molecule has 0 aliphatic carbocycles. The van der Waals surface area contributed by atoms with E-state index < -0.39 is 11.6 Å². The normalized spacial score (nSPS) is 13.4. The first kappa shape index (κ1) is 16.3. The van der Waals surface area contributed by atoms with Crippen molar-refractivity contribution in [3.63, 3.8) is 0 Å². The lowest BCUT2D eigenvalue weighted by Crippen LogP contribution is -2.15. The zero-order chi connectivity index (χ0) is 16.9. The Balaban J connectivity index is 1.51. The molecule has 8 heteroatoms. The molecule has 0 saturated carbocycles. The molecule has 1 aliphatic rings. The van der Waals surface area contributed by atoms with E-state index in [9.17, 15) is 13.6 Å². The second-order valence-electron chi connectivity index (χ2n) is 4.90. The first-order chi connectivity index (χ1) is 11.6. The van der Waals surface area contributed by atoms with E-state index in [1.165, 1.54) is 11.8 Å². The fraction of sp³-hybridized carbons (Fsp3) is 0.125. The van der Waals surface area contributed by atoms with E-state index in [4.69, 9.17) is 0 Å². The summed E-state index contributed by atoms with van der Waals surface area (Å²) in [6.45, 7) is 0. The number of thioether (sulfide) groups is 1. The van der Waals surface area contributed by atoms with E-state index in [1.807, 2.05) is 18.2 Å². The van der Waals surface area contributed by atoms with Crippen LogP contribution in [0.4, 0.5) is 14.5 Å². The second-order valence-corrected chi connectivity index (χ2v) is 5.95. The molecule has 2 aromatic rings. The lowest BCUT2D eigenvalue weighted by atomic mass is 10.2. The highest BCUT2D eigenvalue weighted by Gasteiger charge is 2.20. The molecule has 5 nitrogen and oxygen atoms in total. The summed E-state index contributed by atoms with van der Waals surface area (Å²) >= 11 is 1.22. The summed E-state index contributed by atoms with van der Waals surface area (Å²) in [7, 11) is 0. The number of nitrogens with zero attached hydrogens (tertiary/aromatic N) is 3. The van der Waals surface area contributed by atoms with Crippen molar-refractivity contribution in [2.75, 3.05) is 11.1 Å². The third kappa shape index (κ3) is 4.02. The summed E-state index contributed by atoms with van der Waals surface area (Å²) in [5, 5.41) is 11.1. The second kappa shape index (κ2) is 7.31. The fourth-order valence-corrected chi connectivity index (χ4v) is 2.74. The van der Waals surface area contributed by atoms with Crippen molar-refractivity contribution in [1.82, 2.24) is 4.98 Å². The Morgan fingerprint density at radius 3 is 2.75 bits per heavy atom. The molecule has 0 bridgehead atoms. The van der Waals surface area contributed by atoms with Crippen LogP contribution in [0.15, 0.2) is 52.8 Å². The molecule has 3 rings (SSSR count). The Kier molecular flexibility index (Phi) is 4.95. The maximum Gasteiger partial charge on any atom is 0.234 e. The number of benzene rings is 1. The van der Waals surface area contributed by atoms with Crippen molar-refractivity contribution < 1.29 is 13.6 Å². The van der Waals surface area contributed by atoms with Gasteiger partial charge in [0.15, 0.2) is 5.82 Å². The van der Waals surface area contributed by atoms with Gasteiger partial charge in [-0.05, 0) is 12.1 Å². The number of nitrogens with one attached hydrogen (secondary N) is 1. The van der Waals surface area contributed by atoms with Crippen LogP contribution in [0.5, 0.6) is 0 Å². The number of hydrogen-bond acceptors (Lipinski definition) is 5. The Bertz CT molecular complexity index is 824. The summed E-state index contributed by atoms with van der Waals surface area (Å²) in [5.41, 5.74) is 1.01. The maximum absolute atomic E-state index is 13.7. The van der Waals surface area contributed by atoms with Crippen LogP contribution in [-0.2, 0) is 4.79 Å². The molecule has 122 valence electrons. The average Bonchev–Trinajstić information content (AvgIpc) is 3.02. The molecular formula is C16H12F2N4OS. The van der Waals surface area contributed by atoms with Crippen molar-refractivity contribution in [3.8, 4) is 0 Å². The number of carbonyl (C=O) groups is 1. The maximum atomic E-state index is 13.7. The van der Waals surface area contributed by atoms with Crippen molar-refractivity contribution in [1.29, 1.82) is 0 Å². The van der Waals surface area contributed by atoms with Crippen LogP contribution in [0.2, 0.25) is 0 Å². The molecule has 0 saturated heterocycles. The minimum Gasteiger partial charge on any atom is -0.325 e. The number of hydrogen-bond donors (Lipinski definition) is 1. The molecule has 1 aromatic carbocycles. The molecule has 0 spiro atoms. The standard InChI is InChI=1S/C16H12F2N4OS/c17-10-6-12(18)16(19-8-10)13-7-15(22-21-13)24-9-14(23)20-11-4-2-1-3-5-11/h1-6,8H,7,9H2,(H,20,23). The molecule has 0 atom stereocenters. The van der Waals surface area contributed by atoms with Gasteiger partial charge in [-0.25, -0.2) is 13.8 Å². The van der Waals surface area contributed by atoms with Crippen molar-refractivity contribution >= 4 is 34.1 Å². The minimum absolute atomic E-state index is 0.0236. The molecule has 0 fully saturated rings. The monoisotopic (exact) mass is 346 g/mol. The number of carbonyl (C=O) groups excluding carboxylic acids is 1. The molecule has 0 unspecified atom stereocenters. The van der Waals surface area contributed by atoms with E-state index in [-0.39, 0.29) is 23.8 Å². The number of rotatable bonds is 4. The number of pyridine rings is 1. The van der Waals surface area contributed by atoms with Crippen LogP contribution >= 0.6 is 11.8 Å². The molecule has 1 aromatic heterocycles. The predicted molar refractivity (Wildman–Crippen MR) is 90.3 cm³/mol. The van der Waals surface area contributed by atoms with Gasteiger partial charge in [-0.1, -0.05) is 30.0 Å². The van der Waals surface area contributed by atoms with Crippen LogP contribution in [-0.4, -0.2) is 27.4 Å². The molecule has 2 heterocycles. The molecule has 24 heavy (non-hydrogen) atoms. The Morgan fingerprint density at radius 1 is 1.21 bits per heavy atom. The number of halogens is 2. The Morgan fingerprint density at radius 2 is 2.00 bits per heavy atom. The van der Waals surface area contributed by atoms with Gasteiger partial charge in [-0.3, -0.25) is 4.79 Å². The quantitative estimate of drug-likeness (QED) is 0.924. The summed E-state index contributed by atoms with van der Waals surface area (Å²) in [4.78, 5) is 15.6. The lowest BCUT2D eigenvalue weighted by molar-refractivity contribution is -0.113. The third-order valence-electron chi connectivity index (χ3n) is 3.11. The Labute approximate surface area is 140 Å². The van der Waals surface area contributed by atoms with Crippen LogP contribution < -0.4 is 5.32 Å². The Hall–Kier alpha value is -2.61. The first-order valence-electron chi connectivity index (χ1n) is 7.04. The van der Waals surface area contributed by atoms with E-state index >= 15 is 0 Å². The predicted octanol–water partition coefficient (Wildman–Crippen LogP) is 3.24. The minimum atomic E-state index is -0.781. The number of amides is 1. The largest absolute Gasteiger partial charge is 0.325 e. The van der Waals surface area contributed by atoms with Gasteiger partial charge in [0.2, 0.25) is 5.91 Å². The van der Waals surface area contributed by atoms with Crippen LogP contribution in [0.3, 0.4) is 0 Å². The fourth-order valence-electron chi connectivity index (χ4n) is 2.04. The van der Waals surface area contributed by atoms with Gasteiger partial charge in [0.1, 0.15) is 16.6 Å². The molecule has 1 aliphatic heterocycles. The zero-order valence-corrected chi connectivity index (χ0v) is 13.2. The van der Waals surface area contributed by atoms with E-state index in [0.717, 1.165) is 12.3 Å². The van der Waals surface area contributed by atoms with Gasteiger partial charge in [0.25, 0.3) is 0 Å². The van der Waals surface area contributed by atoms with Gasteiger partial charge in [-0.2, -0.15) is 5.10 Å². The molecular weight excluding hydrogens is 334 g/mol. The van der Waals surface area contributed by atoms with Gasteiger partial charge in [0, 0.05) is 18.2 Å². The van der Waals surface area contributed by atoms with Gasteiger partial charge in [-0.15, -0.1) is 5.10 Å².